The summed E-state index contributed by atoms with van der Waals surface area (Å²) in [5, 5.41) is 12.9. The van der Waals surface area contributed by atoms with Crippen LogP contribution < -0.4 is 10.2 Å². The van der Waals surface area contributed by atoms with Gasteiger partial charge in [0.15, 0.2) is 0 Å². The fraction of sp³-hybridized carbons (Fsp3) is 0.400. The SMILES string of the molecule is CCCCOC(=O)C=CC[O-].Cc1ccc(S([NH3+])(=O)=O)cc1. The van der Waals surface area contributed by atoms with E-state index in [1.165, 1.54) is 12.2 Å². The highest BCUT2D eigenvalue weighted by atomic mass is 32.2. The Balaban J connectivity index is 0.000000401. The number of carbonyl (C=O) groups is 1. The number of benzene rings is 1. The fourth-order valence-electron chi connectivity index (χ4n) is 1.26. The van der Waals surface area contributed by atoms with Gasteiger partial charge in [-0.25, -0.2) is 9.93 Å². The first kappa shape index (κ1) is 20.3. The first-order chi connectivity index (χ1) is 10.3. The van der Waals surface area contributed by atoms with Crippen molar-refractivity contribution in [3.8, 4) is 0 Å². The standard InChI is InChI=1S/C8H13O3.C7H9NO2S/c1-2-3-7-11-8(10)5-4-6-9;1-6-2-4-7(5-3-6)11(8,9)10/h4-5H,2-3,6-7H2,1H3;2-5H,1H3,(H2,8,9,10)/q-1;/p+1. The van der Waals surface area contributed by atoms with Gasteiger partial charge in [0, 0.05) is 6.08 Å². The molecular weight excluding hydrogens is 306 g/mol. The fourth-order valence-corrected chi connectivity index (χ4v) is 1.81. The highest BCUT2D eigenvalue weighted by Crippen LogP contribution is 2.05. The molecule has 0 fully saturated rings. The summed E-state index contributed by atoms with van der Waals surface area (Å²) in [5.41, 5.74) is 1.04. The number of hydrogen-bond acceptors (Lipinski definition) is 5. The van der Waals surface area contributed by atoms with Crippen molar-refractivity contribution in [2.75, 3.05) is 13.2 Å². The summed E-state index contributed by atoms with van der Waals surface area (Å²) in [7, 11) is -3.27. The quantitative estimate of drug-likeness (QED) is 0.454. The lowest BCUT2D eigenvalue weighted by Gasteiger charge is -1.99. The number of unbranched alkanes of at least 4 members (excludes halogenated alkanes) is 1. The smallest absolute Gasteiger partial charge is 0.330 e. The first-order valence-corrected chi connectivity index (χ1v) is 8.52. The number of rotatable bonds is 6. The first-order valence-electron chi connectivity index (χ1n) is 6.87. The van der Waals surface area contributed by atoms with Crippen LogP contribution in [0.2, 0.25) is 0 Å². The summed E-state index contributed by atoms with van der Waals surface area (Å²) in [6, 6.07) is 6.60. The lowest BCUT2D eigenvalue weighted by atomic mass is 10.2. The summed E-state index contributed by atoms with van der Waals surface area (Å²) >= 11 is 0. The average Bonchev–Trinajstić information content (AvgIpc) is 2.45. The number of sulfonamides is 1. The summed E-state index contributed by atoms with van der Waals surface area (Å²) in [6.45, 7) is 3.99. The normalized spacial score (nSPS) is 10.9. The van der Waals surface area contributed by atoms with Gasteiger partial charge in [0.05, 0.1) is 6.61 Å². The molecule has 1 aromatic rings. The molecule has 0 radical (unpaired) electrons. The van der Waals surface area contributed by atoms with Gasteiger partial charge in [0.1, 0.15) is 4.90 Å². The number of ether oxygens (including phenoxy) is 1. The molecule has 6 nitrogen and oxygen atoms in total. The highest BCUT2D eigenvalue weighted by molar-refractivity contribution is 7.84. The van der Waals surface area contributed by atoms with E-state index in [1.807, 2.05) is 13.8 Å². The van der Waals surface area contributed by atoms with Crippen molar-refractivity contribution in [2.45, 2.75) is 31.6 Å². The van der Waals surface area contributed by atoms with Crippen LogP contribution >= 0.6 is 0 Å². The molecule has 0 unspecified atom stereocenters. The lowest BCUT2D eigenvalue weighted by molar-refractivity contribution is -0.352. The van der Waals surface area contributed by atoms with E-state index in [0.717, 1.165) is 18.4 Å². The van der Waals surface area contributed by atoms with Gasteiger partial charge in [-0.2, -0.15) is 8.42 Å². The Morgan fingerprint density at radius 2 is 1.91 bits per heavy atom. The second-order valence-electron chi connectivity index (χ2n) is 4.52. The van der Waals surface area contributed by atoms with Crippen LogP contribution in [-0.2, 0) is 19.6 Å². The predicted octanol–water partition coefficient (Wildman–Crippen LogP) is 0.172. The maximum absolute atomic E-state index is 10.8. The van der Waals surface area contributed by atoms with Gasteiger partial charge in [-0.15, -0.1) is 6.61 Å². The number of hydrogen-bond donors (Lipinski definition) is 1. The van der Waals surface area contributed by atoms with Crippen LogP contribution in [0.5, 0.6) is 0 Å². The van der Waals surface area contributed by atoms with Gasteiger partial charge >= 0.3 is 16.0 Å². The molecule has 0 aliphatic carbocycles. The van der Waals surface area contributed by atoms with Gasteiger partial charge in [-0.3, -0.25) is 0 Å². The molecule has 3 N–H and O–H groups in total. The van der Waals surface area contributed by atoms with Crippen molar-refractivity contribution in [3.63, 3.8) is 0 Å². The maximum atomic E-state index is 10.8. The van der Waals surface area contributed by atoms with Crippen molar-refractivity contribution < 1.29 is 28.2 Å². The molecule has 0 heterocycles. The van der Waals surface area contributed by atoms with Crippen LogP contribution in [-0.4, -0.2) is 27.6 Å². The summed E-state index contributed by atoms with van der Waals surface area (Å²) in [5.74, 6) is -0.422. The Morgan fingerprint density at radius 3 is 2.36 bits per heavy atom. The van der Waals surface area contributed by atoms with E-state index in [1.54, 1.807) is 24.3 Å². The summed E-state index contributed by atoms with van der Waals surface area (Å²) in [6.07, 6.45) is 4.28. The Hall–Kier alpha value is -1.70. The molecule has 0 aliphatic rings. The second-order valence-corrected chi connectivity index (χ2v) is 6.22. The minimum Gasteiger partial charge on any atom is -0.851 e. The molecule has 0 spiro atoms. The summed E-state index contributed by atoms with van der Waals surface area (Å²) in [4.78, 5) is 10.9. The van der Waals surface area contributed by atoms with Crippen molar-refractivity contribution in [3.05, 3.63) is 42.0 Å². The highest BCUT2D eigenvalue weighted by Gasteiger charge is 2.08. The van der Waals surface area contributed by atoms with E-state index in [9.17, 15) is 18.3 Å². The molecule has 0 aromatic heterocycles. The van der Waals surface area contributed by atoms with Gasteiger partial charge in [0.2, 0.25) is 0 Å². The van der Waals surface area contributed by atoms with E-state index >= 15 is 0 Å². The summed E-state index contributed by atoms with van der Waals surface area (Å²) < 4.78 is 26.4. The van der Waals surface area contributed by atoms with E-state index in [-0.39, 0.29) is 11.5 Å². The van der Waals surface area contributed by atoms with Crippen molar-refractivity contribution >= 4 is 16.0 Å². The van der Waals surface area contributed by atoms with Crippen LogP contribution in [0.25, 0.3) is 0 Å². The van der Waals surface area contributed by atoms with Crippen molar-refractivity contribution in [1.82, 2.24) is 0 Å². The van der Waals surface area contributed by atoms with Gasteiger partial charge < -0.3 is 9.84 Å². The van der Waals surface area contributed by atoms with E-state index < -0.39 is 16.0 Å². The molecule has 1 rings (SSSR count). The Morgan fingerprint density at radius 1 is 1.32 bits per heavy atom. The molecule has 0 aliphatic heterocycles. The average molecular weight is 329 g/mol. The molecule has 1 aromatic carbocycles. The number of carbonyl (C=O) groups excluding carboxylic acids is 1. The topological polar surface area (TPSA) is 111 Å². The van der Waals surface area contributed by atoms with Crippen LogP contribution in [0.15, 0.2) is 41.3 Å². The van der Waals surface area contributed by atoms with Gasteiger partial charge in [-0.1, -0.05) is 37.1 Å². The zero-order valence-electron chi connectivity index (χ0n) is 12.9. The third kappa shape index (κ3) is 10.1. The number of esters is 1. The molecule has 0 saturated carbocycles. The molecule has 7 heteroatoms. The Kier molecular flexibility index (Phi) is 10.1. The Bertz CT molecular complexity index is 564. The Labute approximate surface area is 131 Å². The molecule has 0 bridgehead atoms. The lowest BCUT2D eigenvalue weighted by Crippen LogP contribution is -2.56. The van der Waals surface area contributed by atoms with Crippen molar-refractivity contribution in [1.29, 1.82) is 0 Å². The maximum Gasteiger partial charge on any atom is 0.330 e. The minimum atomic E-state index is -3.27. The number of aryl methyl sites for hydroxylation is 1. The van der Waals surface area contributed by atoms with Crippen LogP contribution in [0.1, 0.15) is 25.3 Å². The minimum absolute atomic E-state index is 0.267. The zero-order valence-corrected chi connectivity index (χ0v) is 13.8. The molecule has 124 valence electrons. The van der Waals surface area contributed by atoms with Crippen LogP contribution in [0.4, 0.5) is 0 Å². The van der Waals surface area contributed by atoms with Gasteiger partial charge in [-0.05, 0) is 25.5 Å². The molecule has 0 amide bonds. The second kappa shape index (κ2) is 10.9. The van der Waals surface area contributed by atoms with Gasteiger partial charge in [0.25, 0.3) is 0 Å². The van der Waals surface area contributed by atoms with Crippen molar-refractivity contribution in [2.24, 2.45) is 0 Å². The number of quaternary nitrogens is 1. The third-order valence-electron chi connectivity index (χ3n) is 2.47. The monoisotopic (exact) mass is 329 g/mol. The largest absolute Gasteiger partial charge is 0.851 e. The van der Waals surface area contributed by atoms with E-state index in [0.29, 0.717) is 6.61 Å². The molecule has 22 heavy (non-hydrogen) atoms. The molecule has 0 saturated heterocycles. The van der Waals surface area contributed by atoms with Crippen LogP contribution in [0.3, 0.4) is 0 Å². The van der Waals surface area contributed by atoms with E-state index in [2.05, 4.69) is 5.14 Å². The predicted molar refractivity (Wildman–Crippen MR) is 81.1 cm³/mol. The van der Waals surface area contributed by atoms with E-state index in [4.69, 9.17) is 4.74 Å². The third-order valence-corrected chi connectivity index (χ3v) is 3.46. The molecular formula is C15H23NO5S. The van der Waals surface area contributed by atoms with Crippen LogP contribution in [0, 0.1) is 6.92 Å². The zero-order chi connectivity index (χ0) is 17.0. The molecule has 0 atom stereocenters.